The monoisotopic (exact) mass is 199 g/mol. The molecule has 14 heavy (non-hydrogen) atoms. The predicted octanol–water partition coefficient (Wildman–Crippen LogP) is 1.70. The van der Waals surface area contributed by atoms with Gasteiger partial charge in [0, 0.05) is 5.54 Å². The van der Waals surface area contributed by atoms with Gasteiger partial charge in [0.05, 0.1) is 13.0 Å². The van der Waals surface area contributed by atoms with E-state index >= 15 is 0 Å². The van der Waals surface area contributed by atoms with Gasteiger partial charge in [-0.15, -0.1) is 0 Å². The summed E-state index contributed by atoms with van der Waals surface area (Å²) in [6, 6.07) is 0. The highest BCUT2D eigenvalue weighted by atomic mass is 16.5. The Morgan fingerprint density at radius 2 is 2.14 bits per heavy atom. The van der Waals surface area contributed by atoms with Gasteiger partial charge in [-0.1, -0.05) is 13.8 Å². The van der Waals surface area contributed by atoms with Crippen molar-refractivity contribution in [3.8, 4) is 0 Å². The second-order valence-electron chi connectivity index (χ2n) is 4.76. The molecule has 2 N–H and O–H groups in total. The van der Waals surface area contributed by atoms with Crippen LogP contribution in [0, 0.1) is 11.8 Å². The summed E-state index contributed by atoms with van der Waals surface area (Å²) >= 11 is 0. The molecule has 0 saturated heterocycles. The van der Waals surface area contributed by atoms with Gasteiger partial charge in [0.15, 0.2) is 0 Å². The molecule has 0 radical (unpaired) electrons. The van der Waals surface area contributed by atoms with E-state index < -0.39 is 0 Å². The number of hydrogen-bond acceptors (Lipinski definition) is 3. The second kappa shape index (κ2) is 4.30. The molecule has 0 aliphatic heterocycles. The van der Waals surface area contributed by atoms with Gasteiger partial charge in [-0.2, -0.15) is 0 Å². The Labute approximate surface area is 86.0 Å². The third-order valence-corrected chi connectivity index (χ3v) is 3.08. The van der Waals surface area contributed by atoms with Gasteiger partial charge in [-0.3, -0.25) is 4.79 Å². The fourth-order valence-electron chi connectivity index (χ4n) is 2.10. The highest BCUT2D eigenvalue weighted by Crippen LogP contribution is 2.42. The normalized spacial score (nSPS) is 31.4. The molecule has 1 rings (SSSR count). The number of nitrogens with two attached hydrogens (primary N) is 1. The molecule has 0 bridgehead atoms. The molecular formula is C11H21NO2. The Morgan fingerprint density at radius 3 is 2.57 bits per heavy atom. The molecule has 0 unspecified atom stereocenters. The van der Waals surface area contributed by atoms with Gasteiger partial charge in [-0.25, -0.2) is 0 Å². The maximum atomic E-state index is 11.2. The number of ether oxygens (including phenoxy) is 1. The lowest BCUT2D eigenvalue weighted by molar-refractivity contribution is -0.146. The van der Waals surface area contributed by atoms with Crippen LogP contribution in [0.5, 0.6) is 0 Å². The fraction of sp³-hybridized carbons (Fsp3) is 0.909. The summed E-state index contributed by atoms with van der Waals surface area (Å²) < 4.78 is 4.89. The fourth-order valence-corrected chi connectivity index (χ4v) is 2.10. The molecule has 0 aromatic rings. The lowest BCUT2D eigenvalue weighted by Gasteiger charge is -2.46. The Morgan fingerprint density at radius 1 is 1.57 bits per heavy atom. The second-order valence-corrected chi connectivity index (χ2v) is 4.76. The zero-order chi connectivity index (χ0) is 10.8. The Bertz CT molecular complexity index is 207. The largest absolute Gasteiger partial charge is 0.466 e. The summed E-state index contributed by atoms with van der Waals surface area (Å²) in [6.45, 7) is 6.67. The van der Waals surface area contributed by atoms with E-state index in [1.807, 2.05) is 6.92 Å². The average Bonchev–Trinajstić information content (AvgIpc) is 1.99. The zero-order valence-electron chi connectivity index (χ0n) is 9.38. The summed E-state index contributed by atoms with van der Waals surface area (Å²) in [7, 11) is 0. The van der Waals surface area contributed by atoms with Gasteiger partial charge in [0.25, 0.3) is 0 Å². The first-order valence-corrected chi connectivity index (χ1v) is 5.41. The molecule has 82 valence electrons. The molecule has 0 spiro atoms. The molecule has 1 fully saturated rings. The van der Waals surface area contributed by atoms with Crippen LogP contribution in [-0.2, 0) is 9.53 Å². The average molecular weight is 199 g/mol. The highest BCUT2D eigenvalue weighted by molar-refractivity contribution is 5.71. The number of carbonyl (C=O) groups is 1. The molecule has 0 amide bonds. The van der Waals surface area contributed by atoms with Gasteiger partial charge in [-0.05, 0) is 31.6 Å². The lowest BCUT2D eigenvalue weighted by Crippen LogP contribution is -2.54. The lowest BCUT2D eigenvalue weighted by atomic mass is 9.63. The predicted molar refractivity (Wildman–Crippen MR) is 55.7 cm³/mol. The minimum atomic E-state index is -0.277. The van der Waals surface area contributed by atoms with Crippen LogP contribution >= 0.6 is 0 Å². The summed E-state index contributed by atoms with van der Waals surface area (Å²) in [5.74, 6) is 1.21. The first-order chi connectivity index (χ1) is 6.47. The molecule has 0 aromatic heterocycles. The van der Waals surface area contributed by atoms with Gasteiger partial charge >= 0.3 is 5.97 Å². The van der Waals surface area contributed by atoms with Crippen molar-refractivity contribution in [2.24, 2.45) is 17.6 Å². The van der Waals surface area contributed by atoms with E-state index in [9.17, 15) is 4.79 Å². The van der Waals surface area contributed by atoms with E-state index in [2.05, 4.69) is 13.8 Å². The number of carbonyl (C=O) groups excluding carboxylic acids is 1. The van der Waals surface area contributed by atoms with E-state index in [1.54, 1.807) is 0 Å². The van der Waals surface area contributed by atoms with Crippen LogP contribution in [0.2, 0.25) is 0 Å². The molecule has 0 atom stereocenters. The van der Waals surface area contributed by atoms with E-state index in [4.69, 9.17) is 10.5 Å². The van der Waals surface area contributed by atoms with Crippen molar-refractivity contribution in [1.29, 1.82) is 0 Å². The van der Waals surface area contributed by atoms with Crippen molar-refractivity contribution in [1.82, 2.24) is 0 Å². The van der Waals surface area contributed by atoms with Gasteiger partial charge in [0.1, 0.15) is 0 Å². The molecule has 1 aliphatic carbocycles. The summed E-state index contributed by atoms with van der Waals surface area (Å²) in [4.78, 5) is 11.2. The quantitative estimate of drug-likeness (QED) is 0.701. The molecule has 1 aliphatic rings. The Kier molecular flexibility index (Phi) is 3.53. The molecular weight excluding hydrogens is 178 g/mol. The van der Waals surface area contributed by atoms with E-state index in [1.165, 1.54) is 0 Å². The van der Waals surface area contributed by atoms with E-state index in [0.29, 0.717) is 24.9 Å². The van der Waals surface area contributed by atoms with Crippen molar-refractivity contribution in [2.75, 3.05) is 6.61 Å². The zero-order valence-corrected chi connectivity index (χ0v) is 9.38. The number of hydrogen-bond donors (Lipinski definition) is 1. The van der Waals surface area contributed by atoms with Crippen LogP contribution in [0.3, 0.4) is 0 Å². The van der Waals surface area contributed by atoms with Gasteiger partial charge in [0.2, 0.25) is 0 Å². The van der Waals surface area contributed by atoms with Crippen LogP contribution < -0.4 is 5.73 Å². The maximum absolute atomic E-state index is 11.2. The van der Waals surface area contributed by atoms with Crippen LogP contribution in [0.1, 0.15) is 40.0 Å². The van der Waals surface area contributed by atoms with Crippen LogP contribution in [0.25, 0.3) is 0 Å². The smallest absolute Gasteiger partial charge is 0.307 e. The number of rotatable bonds is 4. The standard InChI is InChI=1S/C11H21NO2/c1-4-14-10(13)7-11(12)5-9(6-11)8(2)3/h8-9H,4-7,12H2,1-3H3. The Hall–Kier alpha value is -0.570. The van der Waals surface area contributed by atoms with Crippen molar-refractivity contribution < 1.29 is 9.53 Å². The molecule has 0 heterocycles. The maximum Gasteiger partial charge on any atom is 0.307 e. The first-order valence-electron chi connectivity index (χ1n) is 5.41. The molecule has 0 aromatic carbocycles. The third-order valence-electron chi connectivity index (χ3n) is 3.08. The SMILES string of the molecule is CCOC(=O)CC1(N)CC(C(C)C)C1. The number of esters is 1. The van der Waals surface area contributed by atoms with Crippen LogP contribution in [0.4, 0.5) is 0 Å². The topological polar surface area (TPSA) is 52.3 Å². The highest BCUT2D eigenvalue weighted by Gasteiger charge is 2.43. The first kappa shape index (κ1) is 11.5. The minimum absolute atomic E-state index is 0.155. The molecule has 3 nitrogen and oxygen atoms in total. The third kappa shape index (κ3) is 2.71. The Balaban J connectivity index is 2.30. The van der Waals surface area contributed by atoms with Crippen molar-refractivity contribution >= 4 is 5.97 Å². The molecule has 1 saturated carbocycles. The minimum Gasteiger partial charge on any atom is -0.466 e. The van der Waals surface area contributed by atoms with Gasteiger partial charge < -0.3 is 10.5 Å². The van der Waals surface area contributed by atoms with Crippen LogP contribution in [-0.4, -0.2) is 18.1 Å². The molecule has 3 heteroatoms. The van der Waals surface area contributed by atoms with E-state index in [0.717, 1.165) is 12.8 Å². The summed E-state index contributed by atoms with van der Waals surface area (Å²) in [6.07, 6.45) is 2.30. The summed E-state index contributed by atoms with van der Waals surface area (Å²) in [5, 5.41) is 0. The van der Waals surface area contributed by atoms with Crippen LogP contribution in [0.15, 0.2) is 0 Å². The van der Waals surface area contributed by atoms with Crippen molar-refractivity contribution in [3.05, 3.63) is 0 Å². The van der Waals surface area contributed by atoms with E-state index in [-0.39, 0.29) is 11.5 Å². The van der Waals surface area contributed by atoms with Crippen molar-refractivity contribution in [2.45, 2.75) is 45.6 Å². The van der Waals surface area contributed by atoms with Crippen molar-refractivity contribution in [3.63, 3.8) is 0 Å². The summed E-state index contributed by atoms with van der Waals surface area (Å²) in [5.41, 5.74) is 5.78.